The van der Waals surface area contributed by atoms with Gasteiger partial charge in [0.05, 0.1) is 12.2 Å². The number of likely N-dealkylation sites (tertiary alicyclic amines) is 1. The molecule has 1 aliphatic heterocycles. The Balaban J connectivity index is 1.64. The van der Waals surface area contributed by atoms with E-state index in [1.807, 2.05) is 13.8 Å². The molecule has 2 rings (SSSR count). The van der Waals surface area contributed by atoms with Crippen molar-refractivity contribution in [3.05, 3.63) is 17.3 Å². The molecule has 0 amide bonds. The van der Waals surface area contributed by atoms with Crippen LogP contribution >= 0.6 is 0 Å². The minimum Gasteiger partial charge on any atom is -0.444 e. The van der Waals surface area contributed by atoms with E-state index in [1.165, 1.54) is 32.4 Å². The number of nitrogens with zero attached hydrogens (tertiary/aromatic N) is 2. The molecule has 0 aromatic carbocycles. The highest BCUT2D eigenvalue weighted by Gasteiger charge is 2.09. The lowest BCUT2D eigenvalue weighted by Crippen LogP contribution is -2.35. The van der Waals surface area contributed by atoms with Gasteiger partial charge in [-0.15, -0.1) is 0 Å². The van der Waals surface area contributed by atoms with Crippen molar-refractivity contribution >= 4 is 0 Å². The number of rotatable bonds is 5. The molecular formula is C13H23N3O. The zero-order chi connectivity index (χ0) is 12.1. The van der Waals surface area contributed by atoms with Gasteiger partial charge in [0.1, 0.15) is 5.76 Å². The molecule has 1 aromatic heterocycles. The Bertz CT molecular complexity index is 342. The Hall–Kier alpha value is -0.870. The van der Waals surface area contributed by atoms with Crippen LogP contribution < -0.4 is 5.32 Å². The fraction of sp³-hybridized carbons (Fsp3) is 0.769. The van der Waals surface area contributed by atoms with Crippen LogP contribution in [-0.4, -0.2) is 36.1 Å². The summed E-state index contributed by atoms with van der Waals surface area (Å²) in [6, 6.07) is 0. The maximum Gasteiger partial charge on any atom is 0.191 e. The summed E-state index contributed by atoms with van der Waals surface area (Å²) >= 11 is 0. The van der Waals surface area contributed by atoms with Crippen molar-refractivity contribution < 1.29 is 4.42 Å². The van der Waals surface area contributed by atoms with E-state index in [9.17, 15) is 0 Å². The molecule has 0 saturated carbocycles. The highest BCUT2D eigenvalue weighted by atomic mass is 16.4. The van der Waals surface area contributed by atoms with Gasteiger partial charge in [-0.3, -0.25) is 0 Å². The zero-order valence-corrected chi connectivity index (χ0v) is 11.0. The van der Waals surface area contributed by atoms with Crippen molar-refractivity contribution in [1.82, 2.24) is 15.2 Å². The van der Waals surface area contributed by atoms with E-state index in [0.29, 0.717) is 0 Å². The van der Waals surface area contributed by atoms with E-state index in [1.54, 1.807) is 0 Å². The molecule has 4 nitrogen and oxygen atoms in total. The third kappa shape index (κ3) is 3.82. The molecule has 0 aliphatic carbocycles. The molecule has 1 aliphatic rings. The van der Waals surface area contributed by atoms with Crippen LogP contribution in [0.2, 0.25) is 0 Å². The van der Waals surface area contributed by atoms with Gasteiger partial charge < -0.3 is 14.6 Å². The second-order valence-electron chi connectivity index (χ2n) is 4.82. The molecular weight excluding hydrogens is 214 g/mol. The summed E-state index contributed by atoms with van der Waals surface area (Å²) in [7, 11) is 0. The predicted octanol–water partition coefficient (Wildman–Crippen LogP) is 1.87. The SMILES string of the molecule is Cc1nc(C)c(CNCCN2CCCCC2)o1. The standard InChI is InChI=1S/C13H23N3O/c1-11-13(17-12(2)15-11)10-14-6-9-16-7-4-3-5-8-16/h14H,3-10H2,1-2H3. The average Bonchev–Trinajstić information content (AvgIpc) is 2.65. The number of aromatic nitrogens is 1. The van der Waals surface area contributed by atoms with Gasteiger partial charge >= 0.3 is 0 Å². The Morgan fingerprint density at radius 2 is 2.00 bits per heavy atom. The number of oxazole rings is 1. The van der Waals surface area contributed by atoms with Crippen molar-refractivity contribution in [1.29, 1.82) is 0 Å². The minimum atomic E-state index is 0.760. The van der Waals surface area contributed by atoms with E-state index in [-0.39, 0.29) is 0 Å². The lowest BCUT2D eigenvalue weighted by molar-refractivity contribution is 0.228. The Labute approximate surface area is 103 Å². The molecule has 1 fully saturated rings. The topological polar surface area (TPSA) is 41.3 Å². The van der Waals surface area contributed by atoms with Gasteiger partial charge in [0.15, 0.2) is 5.89 Å². The number of piperidine rings is 1. The summed E-state index contributed by atoms with van der Waals surface area (Å²) in [5.74, 6) is 1.73. The van der Waals surface area contributed by atoms with Gasteiger partial charge in [-0.2, -0.15) is 0 Å². The molecule has 0 spiro atoms. The normalized spacial score (nSPS) is 17.5. The van der Waals surface area contributed by atoms with Crippen molar-refractivity contribution in [2.75, 3.05) is 26.2 Å². The van der Waals surface area contributed by atoms with Crippen LogP contribution in [0.5, 0.6) is 0 Å². The lowest BCUT2D eigenvalue weighted by atomic mass is 10.1. The smallest absolute Gasteiger partial charge is 0.191 e. The van der Waals surface area contributed by atoms with E-state index < -0.39 is 0 Å². The molecule has 0 unspecified atom stereocenters. The van der Waals surface area contributed by atoms with Gasteiger partial charge in [-0.1, -0.05) is 6.42 Å². The predicted molar refractivity (Wildman–Crippen MR) is 68.0 cm³/mol. The van der Waals surface area contributed by atoms with Crippen LogP contribution in [0, 0.1) is 13.8 Å². The van der Waals surface area contributed by atoms with Crippen molar-refractivity contribution in [3.8, 4) is 0 Å². The fourth-order valence-corrected chi connectivity index (χ4v) is 2.36. The fourth-order valence-electron chi connectivity index (χ4n) is 2.36. The minimum absolute atomic E-state index is 0.760. The molecule has 4 heteroatoms. The Kier molecular flexibility index (Phi) is 4.57. The van der Waals surface area contributed by atoms with E-state index >= 15 is 0 Å². The van der Waals surface area contributed by atoms with Crippen molar-refractivity contribution in [2.45, 2.75) is 39.7 Å². The van der Waals surface area contributed by atoms with Crippen LogP contribution in [0.3, 0.4) is 0 Å². The maximum absolute atomic E-state index is 5.52. The zero-order valence-electron chi connectivity index (χ0n) is 11.0. The van der Waals surface area contributed by atoms with Crippen LogP contribution in [0.1, 0.15) is 36.6 Å². The second-order valence-corrected chi connectivity index (χ2v) is 4.82. The highest BCUT2D eigenvalue weighted by Crippen LogP contribution is 2.09. The number of hydrogen-bond acceptors (Lipinski definition) is 4. The molecule has 1 aromatic rings. The third-order valence-electron chi connectivity index (χ3n) is 3.34. The molecule has 96 valence electrons. The quantitative estimate of drug-likeness (QED) is 0.794. The van der Waals surface area contributed by atoms with Gasteiger partial charge in [0.25, 0.3) is 0 Å². The molecule has 0 radical (unpaired) electrons. The number of nitrogens with one attached hydrogen (secondary N) is 1. The van der Waals surface area contributed by atoms with Crippen LogP contribution in [0.4, 0.5) is 0 Å². The monoisotopic (exact) mass is 237 g/mol. The highest BCUT2D eigenvalue weighted by molar-refractivity contribution is 5.06. The third-order valence-corrected chi connectivity index (χ3v) is 3.34. The number of hydrogen-bond donors (Lipinski definition) is 1. The van der Waals surface area contributed by atoms with E-state index in [0.717, 1.165) is 37.0 Å². The summed E-state index contributed by atoms with van der Waals surface area (Å²) < 4.78 is 5.52. The number of aryl methyl sites for hydroxylation is 2. The molecule has 1 saturated heterocycles. The summed E-state index contributed by atoms with van der Waals surface area (Å²) in [5.41, 5.74) is 1.01. The molecule has 0 bridgehead atoms. The average molecular weight is 237 g/mol. The van der Waals surface area contributed by atoms with Crippen LogP contribution in [-0.2, 0) is 6.54 Å². The van der Waals surface area contributed by atoms with Gasteiger partial charge in [-0.05, 0) is 32.9 Å². The first-order valence-electron chi connectivity index (χ1n) is 6.61. The Morgan fingerprint density at radius 1 is 1.24 bits per heavy atom. The van der Waals surface area contributed by atoms with Crippen LogP contribution in [0.15, 0.2) is 4.42 Å². The first kappa shape index (κ1) is 12.6. The summed E-state index contributed by atoms with van der Waals surface area (Å²) in [6.07, 6.45) is 4.13. The Morgan fingerprint density at radius 3 is 2.65 bits per heavy atom. The van der Waals surface area contributed by atoms with Gasteiger partial charge in [0.2, 0.25) is 0 Å². The molecule has 0 atom stereocenters. The summed E-state index contributed by atoms with van der Waals surface area (Å²) in [6.45, 7) is 9.39. The van der Waals surface area contributed by atoms with Gasteiger partial charge in [-0.25, -0.2) is 4.98 Å². The summed E-state index contributed by atoms with van der Waals surface area (Å²) in [5, 5.41) is 3.43. The van der Waals surface area contributed by atoms with E-state index in [2.05, 4.69) is 15.2 Å². The van der Waals surface area contributed by atoms with Gasteiger partial charge in [0, 0.05) is 20.0 Å². The van der Waals surface area contributed by atoms with Crippen LogP contribution in [0.25, 0.3) is 0 Å². The van der Waals surface area contributed by atoms with E-state index in [4.69, 9.17) is 4.42 Å². The molecule has 2 heterocycles. The first-order chi connectivity index (χ1) is 8.25. The van der Waals surface area contributed by atoms with Crippen molar-refractivity contribution in [3.63, 3.8) is 0 Å². The van der Waals surface area contributed by atoms with Crippen molar-refractivity contribution in [2.24, 2.45) is 0 Å². The first-order valence-corrected chi connectivity index (χ1v) is 6.61. The second kappa shape index (κ2) is 6.17. The lowest BCUT2D eigenvalue weighted by Gasteiger charge is -2.26. The molecule has 17 heavy (non-hydrogen) atoms. The summed E-state index contributed by atoms with van der Waals surface area (Å²) in [4.78, 5) is 6.80. The maximum atomic E-state index is 5.52. The largest absolute Gasteiger partial charge is 0.444 e. The molecule has 1 N–H and O–H groups in total.